The van der Waals surface area contributed by atoms with Gasteiger partial charge in [-0.05, 0) is 44.6 Å². The van der Waals surface area contributed by atoms with Gasteiger partial charge in [-0.3, -0.25) is 4.90 Å². The highest BCUT2D eigenvalue weighted by Gasteiger charge is 2.29. The summed E-state index contributed by atoms with van der Waals surface area (Å²) < 4.78 is 5.66. The second-order valence-corrected chi connectivity index (χ2v) is 6.47. The lowest BCUT2D eigenvalue weighted by Gasteiger charge is -2.30. The molecule has 3 atom stereocenters. The van der Waals surface area contributed by atoms with Gasteiger partial charge in [0.05, 0.1) is 13.2 Å². The number of ether oxygens (including phenoxy) is 1. The van der Waals surface area contributed by atoms with Crippen LogP contribution in [0.3, 0.4) is 0 Å². The van der Waals surface area contributed by atoms with Crippen molar-refractivity contribution in [1.29, 1.82) is 0 Å². The number of benzene rings is 1. The molecule has 1 aromatic rings. The Morgan fingerprint density at radius 3 is 2.95 bits per heavy atom. The third-order valence-electron chi connectivity index (χ3n) is 4.37. The standard InChI is InChI=1S/C17H27ClN2O/c1-4-8-19-17-12-21-11-15(17)10-20(3)13(2)14-6-5-7-16(18)9-14/h5-7,9,13,15,17,19H,4,8,10-12H2,1-3H3. The first-order valence-electron chi connectivity index (χ1n) is 7.88. The number of hydrogen-bond acceptors (Lipinski definition) is 3. The molecule has 0 aliphatic carbocycles. The van der Waals surface area contributed by atoms with E-state index in [1.807, 2.05) is 12.1 Å². The van der Waals surface area contributed by atoms with Crippen LogP contribution in [0.25, 0.3) is 0 Å². The third kappa shape index (κ3) is 4.68. The Kier molecular flexibility index (Phi) is 6.49. The lowest BCUT2D eigenvalue weighted by atomic mass is 10.0. The summed E-state index contributed by atoms with van der Waals surface area (Å²) in [5.41, 5.74) is 1.27. The fourth-order valence-corrected chi connectivity index (χ4v) is 3.08. The van der Waals surface area contributed by atoms with E-state index in [1.54, 1.807) is 0 Å². The van der Waals surface area contributed by atoms with Crippen LogP contribution in [0, 0.1) is 5.92 Å². The van der Waals surface area contributed by atoms with Gasteiger partial charge in [-0.15, -0.1) is 0 Å². The molecule has 3 unspecified atom stereocenters. The molecule has 1 aromatic carbocycles. The molecule has 1 aliphatic heterocycles. The minimum atomic E-state index is 0.358. The van der Waals surface area contributed by atoms with E-state index >= 15 is 0 Å². The first-order chi connectivity index (χ1) is 10.1. The van der Waals surface area contributed by atoms with Gasteiger partial charge in [0.25, 0.3) is 0 Å². The second kappa shape index (κ2) is 8.14. The van der Waals surface area contributed by atoms with Crippen molar-refractivity contribution in [2.75, 3.05) is 33.4 Å². The van der Waals surface area contributed by atoms with Crippen molar-refractivity contribution in [3.05, 3.63) is 34.9 Å². The van der Waals surface area contributed by atoms with E-state index in [-0.39, 0.29) is 0 Å². The number of rotatable bonds is 7. The average Bonchev–Trinajstić information content (AvgIpc) is 2.91. The molecule has 3 nitrogen and oxygen atoms in total. The van der Waals surface area contributed by atoms with Crippen LogP contribution < -0.4 is 5.32 Å². The van der Waals surface area contributed by atoms with Gasteiger partial charge in [0.2, 0.25) is 0 Å². The number of halogens is 1. The van der Waals surface area contributed by atoms with Crippen LogP contribution in [0.15, 0.2) is 24.3 Å². The van der Waals surface area contributed by atoms with Crippen LogP contribution in [-0.4, -0.2) is 44.3 Å². The lowest BCUT2D eigenvalue weighted by Crippen LogP contribution is -2.41. The van der Waals surface area contributed by atoms with Crippen molar-refractivity contribution in [3.8, 4) is 0 Å². The van der Waals surface area contributed by atoms with Gasteiger partial charge in [0, 0.05) is 29.6 Å². The summed E-state index contributed by atoms with van der Waals surface area (Å²) >= 11 is 6.10. The van der Waals surface area contributed by atoms with Crippen LogP contribution >= 0.6 is 11.6 Å². The molecular formula is C17H27ClN2O. The highest BCUT2D eigenvalue weighted by atomic mass is 35.5. The SMILES string of the molecule is CCCNC1COCC1CN(C)C(C)c1cccc(Cl)c1. The second-order valence-electron chi connectivity index (χ2n) is 6.03. The summed E-state index contributed by atoms with van der Waals surface area (Å²) in [7, 11) is 2.18. The molecule has 0 saturated carbocycles. The Morgan fingerprint density at radius 2 is 2.24 bits per heavy atom. The van der Waals surface area contributed by atoms with Gasteiger partial charge < -0.3 is 10.1 Å². The van der Waals surface area contributed by atoms with E-state index in [4.69, 9.17) is 16.3 Å². The first-order valence-corrected chi connectivity index (χ1v) is 8.26. The Labute approximate surface area is 133 Å². The zero-order chi connectivity index (χ0) is 15.2. The van der Waals surface area contributed by atoms with Gasteiger partial charge in [-0.1, -0.05) is 30.7 Å². The zero-order valence-corrected chi connectivity index (χ0v) is 14.1. The largest absolute Gasteiger partial charge is 0.379 e. The minimum Gasteiger partial charge on any atom is -0.379 e. The van der Waals surface area contributed by atoms with E-state index in [2.05, 4.69) is 43.2 Å². The molecular weight excluding hydrogens is 284 g/mol. The molecule has 0 radical (unpaired) electrons. The fraction of sp³-hybridized carbons (Fsp3) is 0.647. The van der Waals surface area contributed by atoms with Crippen molar-refractivity contribution >= 4 is 11.6 Å². The smallest absolute Gasteiger partial charge is 0.0623 e. The lowest BCUT2D eigenvalue weighted by molar-refractivity contribution is 0.164. The van der Waals surface area contributed by atoms with Crippen LogP contribution in [0.5, 0.6) is 0 Å². The molecule has 2 rings (SSSR count). The van der Waals surface area contributed by atoms with Crippen molar-refractivity contribution in [1.82, 2.24) is 10.2 Å². The molecule has 1 N–H and O–H groups in total. The van der Waals surface area contributed by atoms with Crippen LogP contribution in [0.2, 0.25) is 5.02 Å². The molecule has 4 heteroatoms. The Bertz CT molecular complexity index is 441. The summed E-state index contributed by atoms with van der Waals surface area (Å²) in [5.74, 6) is 0.559. The highest BCUT2D eigenvalue weighted by Crippen LogP contribution is 2.24. The molecule has 0 amide bonds. The summed E-state index contributed by atoms with van der Waals surface area (Å²) in [6, 6.07) is 8.99. The summed E-state index contributed by atoms with van der Waals surface area (Å²) in [4.78, 5) is 2.39. The summed E-state index contributed by atoms with van der Waals surface area (Å²) in [6.07, 6.45) is 1.16. The van der Waals surface area contributed by atoms with Crippen molar-refractivity contribution in [2.24, 2.45) is 5.92 Å². The topological polar surface area (TPSA) is 24.5 Å². The number of nitrogens with zero attached hydrogens (tertiary/aromatic N) is 1. The zero-order valence-electron chi connectivity index (χ0n) is 13.3. The number of hydrogen-bond donors (Lipinski definition) is 1. The molecule has 0 aromatic heterocycles. The minimum absolute atomic E-state index is 0.358. The van der Waals surface area contributed by atoms with E-state index < -0.39 is 0 Å². The maximum Gasteiger partial charge on any atom is 0.0623 e. The van der Waals surface area contributed by atoms with Gasteiger partial charge in [-0.2, -0.15) is 0 Å². The van der Waals surface area contributed by atoms with Gasteiger partial charge in [0.1, 0.15) is 0 Å². The Hall–Kier alpha value is -0.610. The quantitative estimate of drug-likeness (QED) is 0.836. The molecule has 21 heavy (non-hydrogen) atoms. The molecule has 1 fully saturated rings. The normalized spacial score (nSPS) is 23.7. The molecule has 0 bridgehead atoms. The Balaban J connectivity index is 1.92. The average molecular weight is 311 g/mol. The number of nitrogens with one attached hydrogen (secondary N) is 1. The third-order valence-corrected chi connectivity index (χ3v) is 4.60. The first kappa shape index (κ1) is 16.8. The van der Waals surface area contributed by atoms with Crippen LogP contribution in [0.1, 0.15) is 31.9 Å². The van der Waals surface area contributed by atoms with Gasteiger partial charge in [0.15, 0.2) is 0 Å². The van der Waals surface area contributed by atoms with E-state index in [0.29, 0.717) is 18.0 Å². The molecule has 1 saturated heterocycles. The predicted octanol–water partition coefficient (Wildman–Crippen LogP) is 3.35. The monoisotopic (exact) mass is 310 g/mol. The maximum atomic E-state index is 6.10. The van der Waals surface area contributed by atoms with Gasteiger partial charge >= 0.3 is 0 Å². The van der Waals surface area contributed by atoms with Crippen LogP contribution in [0.4, 0.5) is 0 Å². The van der Waals surface area contributed by atoms with Crippen LogP contribution in [-0.2, 0) is 4.74 Å². The van der Waals surface area contributed by atoms with Gasteiger partial charge in [-0.25, -0.2) is 0 Å². The van der Waals surface area contributed by atoms with Crippen molar-refractivity contribution in [2.45, 2.75) is 32.4 Å². The summed E-state index contributed by atoms with van der Waals surface area (Å²) in [6.45, 7) is 8.23. The Morgan fingerprint density at radius 1 is 1.43 bits per heavy atom. The molecule has 1 aliphatic rings. The molecule has 0 spiro atoms. The summed E-state index contributed by atoms with van der Waals surface area (Å²) in [5, 5.41) is 4.41. The fourth-order valence-electron chi connectivity index (χ4n) is 2.88. The highest BCUT2D eigenvalue weighted by molar-refractivity contribution is 6.30. The van der Waals surface area contributed by atoms with E-state index in [0.717, 1.165) is 37.7 Å². The maximum absolute atomic E-state index is 6.10. The molecule has 118 valence electrons. The molecule has 1 heterocycles. The van der Waals surface area contributed by atoms with Crippen molar-refractivity contribution in [3.63, 3.8) is 0 Å². The van der Waals surface area contributed by atoms with Crippen molar-refractivity contribution < 1.29 is 4.74 Å². The van der Waals surface area contributed by atoms with E-state index in [9.17, 15) is 0 Å². The predicted molar refractivity (Wildman–Crippen MR) is 88.9 cm³/mol. The van der Waals surface area contributed by atoms with E-state index in [1.165, 1.54) is 5.56 Å².